The van der Waals surface area contributed by atoms with E-state index in [9.17, 15) is 9.18 Å². The summed E-state index contributed by atoms with van der Waals surface area (Å²) in [5.74, 6) is 1.04. The molecule has 4 rings (SSSR count). The van der Waals surface area contributed by atoms with E-state index in [4.69, 9.17) is 4.52 Å². The molecule has 2 aliphatic heterocycles. The van der Waals surface area contributed by atoms with Crippen molar-refractivity contribution in [1.82, 2.24) is 25.0 Å². The number of rotatable bonds is 4. The predicted octanol–water partition coefficient (Wildman–Crippen LogP) is 1.07. The molecule has 0 aliphatic carbocycles. The second kappa shape index (κ2) is 6.05. The molecule has 25 heavy (non-hydrogen) atoms. The molecule has 0 aromatic carbocycles. The Labute approximate surface area is 144 Å². The van der Waals surface area contributed by atoms with Crippen molar-refractivity contribution in [3.63, 3.8) is 0 Å². The molecule has 0 saturated carbocycles. The number of carbonyl (C=O) groups is 1. The van der Waals surface area contributed by atoms with Crippen molar-refractivity contribution in [2.24, 2.45) is 0 Å². The zero-order valence-electron chi connectivity index (χ0n) is 14.1. The highest BCUT2D eigenvalue weighted by Crippen LogP contribution is 2.32. The van der Waals surface area contributed by atoms with Gasteiger partial charge in [0.1, 0.15) is 6.33 Å². The van der Waals surface area contributed by atoms with Crippen LogP contribution in [0.5, 0.6) is 0 Å². The summed E-state index contributed by atoms with van der Waals surface area (Å²) in [6.07, 6.45) is 2.29. The van der Waals surface area contributed by atoms with E-state index in [0.717, 1.165) is 0 Å². The van der Waals surface area contributed by atoms with Gasteiger partial charge in [-0.05, 0) is 13.3 Å². The van der Waals surface area contributed by atoms with Crippen LogP contribution in [-0.4, -0.2) is 56.6 Å². The summed E-state index contributed by atoms with van der Waals surface area (Å²) in [7, 11) is 0. The molecule has 2 saturated heterocycles. The van der Waals surface area contributed by atoms with Crippen LogP contribution in [0.1, 0.15) is 36.7 Å². The Morgan fingerprint density at radius 1 is 1.32 bits per heavy atom. The largest absolute Gasteiger partial charge is 0.350 e. The number of halogens is 1. The SMILES string of the molecule is CCc1ncnc(N2CC(N3CC(c4nc(C)no4)CC3=O)C2)c1F. The Hall–Kier alpha value is -2.58. The fourth-order valence-corrected chi connectivity index (χ4v) is 3.42. The van der Waals surface area contributed by atoms with E-state index in [-0.39, 0.29) is 23.7 Å². The molecule has 0 N–H and O–H groups in total. The van der Waals surface area contributed by atoms with Crippen LogP contribution >= 0.6 is 0 Å². The lowest BCUT2D eigenvalue weighted by atomic mass is 10.1. The van der Waals surface area contributed by atoms with E-state index in [0.29, 0.717) is 55.7 Å². The maximum absolute atomic E-state index is 14.3. The lowest BCUT2D eigenvalue weighted by molar-refractivity contribution is -0.130. The smallest absolute Gasteiger partial charge is 0.232 e. The van der Waals surface area contributed by atoms with Crippen LogP contribution < -0.4 is 4.90 Å². The van der Waals surface area contributed by atoms with Crippen LogP contribution in [0.15, 0.2) is 10.9 Å². The van der Waals surface area contributed by atoms with Crippen molar-refractivity contribution in [3.05, 3.63) is 29.6 Å². The second-order valence-electron chi connectivity index (χ2n) is 6.50. The van der Waals surface area contributed by atoms with Crippen LogP contribution in [0.4, 0.5) is 10.2 Å². The lowest BCUT2D eigenvalue weighted by Crippen LogP contribution is -2.60. The molecule has 0 spiro atoms. The summed E-state index contributed by atoms with van der Waals surface area (Å²) in [6.45, 7) is 5.31. The van der Waals surface area contributed by atoms with E-state index >= 15 is 0 Å². The summed E-state index contributed by atoms with van der Waals surface area (Å²) < 4.78 is 19.5. The molecule has 8 nitrogen and oxygen atoms in total. The monoisotopic (exact) mass is 346 g/mol. The summed E-state index contributed by atoms with van der Waals surface area (Å²) >= 11 is 0. The van der Waals surface area contributed by atoms with Crippen molar-refractivity contribution in [2.45, 2.75) is 38.6 Å². The molecule has 0 radical (unpaired) electrons. The standard InChI is InChI=1S/C16H19FN6O2/c1-3-12-14(17)15(19-8-18-12)22-6-11(7-22)23-5-10(4-13(23)24)16-20-9(2)21-25-16/h8,10-11H,3-7H2,1-2H3. The number of amides is 1. The number of hydrogen-bond acceptors (Lipinski definition) is 7. The number of nitrogens with zero attached hydrogens (tertiary/aromatic N) is 6. The highest BCUT2D eigenvalue weighted by atomic mass is 19.1. The molecule has 132 valence electrons. The lowest BCUT2D eigenvalue weighted by Gasteiger charge is -2.44. The normalized spacial score (nSPS) is 21.1. The molecular weight excluding hydrogens is 327 g/mol. The third-order valence-electron chi connectivity index (χ3n) is 4.83. The molecule has 0 bridgehead atoms. The van der Waals surface area contributed by atoms with Crippen molar-refractivity contribution >= 4 is 11.7 Å². The second-order valence-corrected chi connectivity index (χ2v) is 6.50. The van der Waals surface area contributed by atoms with Gasteiger partial charge >= 0.3 is 0 Å². The zero-order chi connectivity index (χ0) is 17.6. The molecule has 9 heteroatoms. The molecule has 2 aromatic rings. The first-order valence-corrected chi connectivity index (χ1v) is 8.40. The Morgan fingerprint density at radius 2 is 2.12 bits per heavy atom. The molecule has 2 aliphatic rings. The molecule has 4 heterocycles. The Bertz CT molecular complexity index is 804. The van der Waals surface area contributed by atoms with Gasteiger partial charge < -0.3 is 14.3 Å². The number of aromatic nitrogens is 4. The molecule has 1 amide bonds. The van der Waals surface area contributed by atoms with Crippen molar-refractivity contribution in [2.75, 3.05) is 24.5 Å². The van der Waals surface area contributed by atoms with E-state index in [1.807, 2.05) is 16.7 Å². The molecular formula is C16H19FN6O2. The average Bonchev–Trinajstić information content (AvgIpc) is 3.14. The Balaban J connectivity index is 1.42. The van der Waals surface area contributed by atoms with Crippen LogP contribution in [0.3, 0.4) is 0 Å². The highest BCUT2D eigenvalue weighted by Gasteiger charge is 2.43. The zero-order valence-corrected chi connectivity index (χ0v) is 14.1. The fourth-order valence-electron chi connectivity index (χ4n) is 3.42. The molecule has 2 aromatic heterocycles. The van der Waals surface area contributed by atoms with Gasteiger partial charge in [-0.3, -0.25) is 4.79 Å². The van der Waals surface area contributed by atoms with Gasteiger partial charge in [-0.25, -0.2) is 14.4 Å². The fraction of sp³-hybridized carbons (Fsp3) is 0.562. The maximum Gasteiger partial charge on any atom is 0.232 e. The first-order valence-electron chi connectivity index (χ1n) is 8.40. The molecule has 2 fully saturated rings. The minimum absolute atomic E-state index is 0.0564. The number of hydrogen-bond donors (Lipinski definition) is 0. The third kappa shape index (κ3) is 2.73. The van der Waals surface area contributed by atoms with E-state index in [2.05, 4.69) is 20.1 Å². The topological polar surface area (TPSA) is 88.2 Å². The van der Waals surface area contributed by atoms with Crippen LogP contribution in [0, 0.1) is 12.7 Å². The Kier molecular flexibility index (Phi) is 3.85. The van der Waals surface area contributed by atoms with E-state index in [1.165, 1.54) is 6.33 Å². The average molecular weight is 346 g/mol. The van der Waals surface area contributed by atoms with Crippen molar-refractivity contribution in [3.8, 4) is 0 Å². The summed E-state index contributed by atoms with van der Waals surface area (Å²) in [4.78, 5) is 28.2. The molecule has 1 unspecified atom stereocenters. The van der Waals surface area contributed by atoms with Gasteiger partial charge in [0.15, 0.2) is 17.5 Å². The van der Waals surface area contributed by atoms with Gasteiger partial charge in [-0.15, -0.1) is 0 Å². The summed E-state index contributed by atoms with van der Waals surface area (Å²) in [5, 5.41) is 3.79. The van der Waals surface area contributed by atoms with Gasteiger partial charge in [-0.2, -0.15) is 4.98 Å². The van der Waals surface area contributed by atoms with Gasteiger partial charge in [0.05, 0.1) is 17.7 Å². The van der Waals surface area contributed by atoms with Crippen molar-refractivity contribution in [1.29, 1.82) is 0 Å². The number of carbonyl (C=O) groups excluding carboxylic acids is 1. The predicted molar refractivity (Wildman–Crippen MR) is 85.5 cm³/mol. The van der Waals surface area contributed by atoms with Crippen LogP contribution in [0.25, 0.3) is 0 Å². The maximum atomic E-state index is 14.3. The highest BCUT2D eigenvalue weighted by molar-refractivity contribution is 5.80. The van der Waals surface area contributed by atoms with Crippen LogP contribution in [-0.2, 0) is 11.2 Å². The van der Waals surface area contributed by atoms with Crippen LogP contribution in [0.2, 0.25) is 0 Å². The Morgan fingerprint density at radius 3 is 2.80 bits per heavy atom. The van der Waals surface area contributed by atoms with Gasteiger partial charge in [0.25, 0.3) is 0 Å². The van der Waals surface area contributed by atoms with E-state index < -0.39 is 0 Å². The first kappa shape index (κ1) is 15.9. The number of aryl methyl sites for hydroxylation is 2. The minimum Gasteiger partial charge on any atom is -0.350 e. The molecule has 1 atom stereocenters. The van der Waals surface area contributed by atoms with Crippen molar-refractivity contribution < 1.29 is 13.7 Å². The van der Waals surface area contributed by atoms with Gasteiger partial charge in [-0.1, -0.05) is 12.1 Å². The number of likely N-dealkylation sites (tertiary alicyclic amines) is 1. The third-order valence-corrected chi connectivity index (χ3v) is 4.83. The van der Waals surface area contributed by atoms with E-state index in [1.54, 1.807) is 6.92 Å². The minimum atomic E-state index is -0.365. The first-order chi connectivity index (χ1) is 12.1. The number of anilines is 1. The van der Waals surface area contributed by atoms with Gasteiger partial charge in [0.2, 0.25) is 11.8 Å². The van der Waals surface area contributed by atoms with Gasteiger partial charge in [0, 0.05) is 26.1 Å². The summed E-state index contributed by atoms with van der Waals surface area (Å²) in [6, 6.07) is 0.0564. The quantitative estimate of drug-likeness (QED) is 0.818. The summed E-state index contributed by atoms with van der Waals surface area (Å²) in [5.41, 5.74) is 0.414.